The number of hydrogen-bond donors (Lipinski definition) is 1. The molecule has 2 nitrogen and oxygen atoms in total. The molecule has 0 fully saturated rings. The predicted molar refractivity (Wildman–Crippen MR) is 81.9 cm³/mol. The van der Waals surface area contributed by atoms with E-state index in [4.69, 9.17) is 0 Å². The van der Waals surface area contributed by atoms with Gasteiger partial charge in [-0.3, -0.25) is 0 Å². The molecule has 1 aromatic carbocycles. The van der Waals surface area contributed by atoms with Gasteiger partial charge in [0.15, 0.2) is 0 Å². The second-order valence-corrected chi connectivity index (χ2v) is 5.27. The topological polar surface area (TPSA) is 32.6 Å². The van der Waals surface area contributed by atoms with Crippen molar-refractivity contribution in [2.45, 2.75) is 58.8 Å². The van der Waals surface area contributed by atoms with E-state index < -0.39 is 0 Å². The van der Waals surface area contributed by atoms with E-state index in [1.807, 2.05) is 30.3 Å². The SMILES string of the molecule is CCCCC(CCCC)CC(=NO)c1ccccc1. The number of rotatable bonds is 9. The van der Waals surface area contributed by atoms with E-state index in [1.54, 1.807) is 0 Å². The van der Waals surface area contributed by atoms with Gasteiger partial charge < -0.3 is 5.21 Å². The van der Waals surface area contributed by atoms with Crippen molar-refractivity contribution in [3.8, 4) is 0 Å². The summed E-state index contributed by atoms with van der Waals surface area (Å²) in [6.45, 7) is 4.46. The summed E-state index contributed by atoms with van der Waals surface area (Å²) in [7, 11) is 0. The Morgan fingerprint density at radius 1 is 1.05 bits per heavy atom. The molecule has 0 aliphatic heterocycles. The Morgan fingerprint density at radius 2 is 1.63 bits per heavy atom. The summed E-state index contributed by atoms with van der Waals surface area (Å²) in [6, 6.07) is 10.0. The molecule has 0 radical (unpaired) electrons. The van der Waals surface area contributed by atoms with Crippen LogP contribution in [-0.4, -0.2) is 10.9 Å². The molecular weight excluding hydrogens is 234 g/mol. The van der Waals surface area contributed by atoms with Crippen LogP contribution in [0, 0.1) is 5.92 Å². The molecule has 0 bridgehead atoms. The zero-order valence-electron chi connectivity index (χ0n) is 12.3. The first kappa shape index (κ1) is 15.7. The van der Waals surface area contributed by atoms with Crippen LogP contribution >= 0.6 is 0 Å². The van der Waals surface area contributed by atoms with Crippen LogP contribution in [0.2, 0.25) is 0 Å². The Balaban J connectivity index is 2.64. The first-order chi connectivity index (χ1) is 9.31. The Morgan fingerprint density at radius 3 is 2.11 bits per heavy atom. The van der Waals surface area contributed by atoms with Crippen LogP contribution in [0.3, 0.4) is 0 Å². The lowest BCUT2D eigenvalue weighted by Gasteiger charge is -2.17. The third-order valence-corrected chi connectivity index (χ3v) is 3.64. The lowest BCUT2D eigenvalue weighted by atomic mass is 9.89. The summed E-state index contributed by atoms with van der Waals surface area (Å²) in [5.74, 6) is 0.644. The first-order valence-electron chi connectivity index (χ1n) is 7.58. The third-order valence-electron chi connectivity index (χ3n) is 3.64. The van der Waals surface area contributed by atoms with Gasteiger partial charge in [0.2, 0.25) is 0 Å². The largest absolute Gasteiger partial charge is 0.411 e. The average molecular weight is 261 g/mol. The fourth-order valence-corrected chi connectivity index (χ4v) is 2.45. The van der Waals surface area contributed by atoms with Gasteiger partial charge in [-0.2, -0.15) is 0 Å². The molecule has 1 aromatic rings. The monoisotopic (exact) mass is 261 g/mol. The van der Waals surface area contributed by atoms with Crippen LogP contribution in [0.5, 0.6) is 0 Å². The van der Waals surface area contributed by atoms with Crippen molar-refractivity contribution in [1.29, 1.82) is 0 Å². The van der Waals surface area contributed by atoms with Crippen molar-refractivity contribution in [3.05, 3.63) is 35.9 Å². The summed E-state index contributed by atoms with van der Waals surface area (Å²) < 4.78 is 0. The second kappa shape index (κ2) is 9.60. The summed E-state index contributed by atoms with van der Waals surface area (Å²) in [4.78, 5) is 0. The van der Waals surface area contributed by atoms with Gasteiger partial charge in [0.1, 0.15) is 0 Å². The Bertz CT molecular complexity index is 351. The maximum Gasteiger partial charge on any atom is 0.0870 e. The molecule has 1 N–H and O–H groups in total. The smallest absolute Gasteiger partial charge is 0.0870 e. The molecule has 19 heavy (non-hydrogen) atoms. The molecule has 0 heterocycles. The van der Waals surface area contributed by atoms with Crippen LogP contribution in [0.1, 0.15) is 64.4 Å². The molecule has 1 rings (SSSR count). The van der Waals surface area contributed by atoms with Gasteiger partial charge in [0, 0.05) is 0 Å². The maximum absolute atomic E-state index is 9.27. The van der Waals surface area contributed by atoms with Crippen molar-refractivity contribution >= 4 is 5.71 Å². The van der Waals surface area contributed by atoms with Gasteiger partial charge in [-0.05, 0) is 17.9 Å². The van der Waals surface area contributed by atoms with Crippen LogP contribution in [-0.2, 0) is 0 Å². The Hall–Kier alpha value is -1.31. The lowest BCUT2D eigenvalue weighted by molar-refractivity contribution is 0.315. The van der Waals surface area contributed by atoms with E-state index in [2.05, 4.69) is 19.0 Å². The highest BCUT2D eigenvalue weighted by Crippen LogP contribution is 2.22. The molecular formula is C17H27NO. The first-order valence-corrected chi connectivity index (χ1v) is 7.58. The van der Waals surface area contributed by atoms with Gasteiger partial charge in [0.05, 0.1) is 5.71 Å². The van der Waals surface area contributed by atoms with E-state index in [9.17, 15) is 5.21 Å². The van der Waals surface area contributed by atoms with E-state index in [1.165, 1.54) is 38.5 Å². The average Bonchev–Trinajstić information content (AvgIpc) is 2.47. The minimum Gasteiger partial charge on any atom is -0.411 e. The van der Waals surface area contributed by atoms with Crippen LogP contribution in [0.4, 0.5) is 0 Å². The number of hydrogen-bond acceptors (Lipinski definition) is 2. The van der Waals surface area contributed by atoms with Crippen LogP contribution < -0.4 is 0 Å². The molecule has 0 spiro atoms. The summed E-state index contributed by atoms with van der Waals surface area (Å²) in [5.41, 5.74) is 1.88. The minimum absolute atomic E-state index is 0.644. The van der Waals surface area contributed by atoms with Gasteiger partial charge in [-0.15, -0.1) is 0 Å². The number of benzene rings is 1. The summed E-state index contributed by atoms with van der Waals surface area (Å²) in [5, 5.41) is 12.8. The number of unbranched alkanes of at least 4 members (excludes halogenated alkanes) is 2. The number of nitrogens with zero attached hydrogens (tertiary/aromatic N) is 1. The highest BCUT2D eigenvalue weighted by molar-refractivity contribution is 6.00. The van der Waals surface area contributed by atoms with Crippen molar-refractivity contribution in [2.24, 2.45) is 11.1 Å². The molecule has 0 aliphatic carbocycles. The standard InChI is InChI=1S/C17H27NO/c1-3-5-10-15(11-6-4-2)14-17(18-19)16-12-8-7-9-13-16/h7-9,12-13,15,19H,3-6,10-11,14H2,1-2H3. The third kappa shape index (κ3) is 5.91. The number of oxime groups is 1. The maximum atomic E-state index is 9.27. The summed E-state index contributed by atoms with van der Waals surface area (Å²) >= 11 is 0. The molecule has 2 heteroatoms. The molecule has 106 valence electrons. The molecule has 0 saturated carbocycles. The Labute approximate surface area is 117 Å². The van der Waals surface area contributed by atoms with E-state index >= 15 is 0 Å². The zero-order valence-corrected chi connectivity index (χ0v) is 12.3. The fourth-order valence-electron chi connectivity index (χ4n) is 2.45. The van der Waals surface area contributed by atoms with Crippen molar-refractivity contribution < 1.29 is 5.21 Å². The normalized spacial score (nSPS) is 12.1. The quantitative estimate of drug-likeness (QED) is 0.367. The van der Waals surface area contributed by atoms with Crippen LogP contribution in [0.15, 0.2) is 35.5 Å². The molecule has 0 atom stereocenters. The lowest BCUT2D eigenvalue weighted by Crippen LogP contribution is -2.10. The van der Waals surface area contributed by atoms with E-state index in [-0.39, 0.29) is 0 Å². The Kier molecular flexibility index (Phi) is 7.95. The van der Waals surface area contributed by atoms with Gasteiger partial charge in [-0.25, -0.2) is 0 Å². The van der Waals surface area contributed by atoms with Crippen molar-refractivity contribution in [2.75, 3.05) is 0 Å². The molecule has 0 unspecified atom stereocenters. The van der Waals surface area contributed by atoms with E-state index in [0.717, 1.165) is 17.7 Å². The van der Waals surface area contributed by atoms with Crippen LogP contribution in [0.25, 0.3) is 0 Å². The highest BCUT2D eigenvalue weighted by atomic mass is 16.4. The second-order valence-electron chi connectivity index (χ2n) is 5.27. The van der Waals surface area contributed by atoms with E-state index in [0.29, 0.717) is 5.92 Å². The minimum atomic E-state index is 0.644. The molecule has 0 aromatic heterocycles. The predicted octanol–water partition coefficient (Wildman–Crippen LogP) is 5.25. The van der Waals surface area contributed by atoms with Gasteiger partial charge >= 0.3 is 0 Å². The van der Waals surface area contributed by atoms with Crippen molar-refractivity contribution in [3.63, 3.8) is 0 Å². The van der Waals surface area contributed by atoms with Gasteiger partial charge in [0.25, 0.3) is 0 Å². The molecule has 0 aliphatic rings. The summed E-state index contributed by atoms with van der Waals surface area (Å²) in [6.07, 6.45) is 8.37. The fraction of sp³-hybridized carbons (Fsp3) is 0.588. The zero-order chi connectivity index (χ0) is 13.9. The highest BCUT2D eigenvalue weighted by Gasteiger charge is 2.13. The van der Waals surface area contributed by atoms with Crippen molar-refractivity contribution in [1.82, 2.24) is 0 Å². The molecule has 0 amide bonds. The molecule has 0 saturated heterocycles. The van der Waals surface area contributed by atoms with Gasteiger partial charge in [-0.1, -0.05) is 87.9 Å².